The first-order valence-electron chi connectivity index (χ1n) is 5.82. The summed E-state index contributed by atoms with van der Waals surface area (Å²) in [7, 11) is 0. The molecule has 0 atom stereocenters. The Hall–Kier alpha value is -0.540. The molecule has 2 aliphatic rings. The minimum Gasteiger partial charge on any atom is -0.490 e. The zero-order valence-corrected chi connectivity index (χ0v) is 10.7. The van der Waals surface area contributed by atoms with E-state index in [9.17, 15) is 5.11 Å². The summed E-state index contributed by atoms with van der Waals surface area (Å²) < 4.78 is 6.90. The van der Waals surface area contributed by atoms with Gasteiger partial charge in [0.05, 0.1) is 11.7 Å². The van der Waals surface area contributed by atoms with Crippen molar-refractivity contribution in [3.8, 4) is 5.75 Å². The lowest BCUT2D eigenvalue weighted by molar-refractivity contribution is 0.149. The van der Waals surface area contributed by atoms with Crippen molar-refractivity contribution in [2.75, 3.05) is 0 Å². The van der Waals surface area contributed by atoms with Crippen LogP contribution in [0.3, 0.4) is 0 Å². The monoisotopic (exact) mass is 282 g/mol. The Balaban J connectivity index is 1.83. The Morgan fingerprint density at radius 1 is 1.38 bits per heavy atom. The number of hydrogen-bond acceptors (Lipinski definition) is 2. The van der Waals surface area contributed by atoms with E-state index in [4.69, 9.17) is 4.74 Å². The van der Waals surface area contributed by atoms with Gasteiger partial charge in [0.2, 0.25) is 0 Å². The first-order chi connectivity index (χ1) is 7.65. The summed E-state index contributed by atoms with van der Waals surface area (Å²) in [4.78, 5) is 0. The van der Waals surface area contributed by atoms with Gasteiger partial charge in [-0.2, -0.15) is 0 Å². The zero-order valence-electron chi connectivity index (χ0n) is 9.08. The molecule has 0 aliphatic heterocycles. The Labute approximate surface area is 104 Å². The van der Waals surface area contributed by atoms with Crippen LogP contribution in [0.15, 0.2) is 22.7 Å². The fraction of sp³-hybridized carbons (Fsp3) is 0.538. The SMILES string of the molecule is OC1(Cc2cc(Br)ccc2OC2CC2)CC1. The van der Waals surface area contributed by atoms with Gasteiger partial charge < -0.3 is 9.84 Å². The minimum atomic E-state index is -0.456. The zero-order chi connectivity index (χ0) is 11.2. The first kappa shape index (κ1) is 10.6. The minimum absolute atomic E-state index is 0.411. The fourth-order valence-electron chi connectivity index (χ4n) is 1.84. The third-order valence-corrected chi connectivity index (χ3v) is 3.68. The van der Waals surface area contributed by atoms with Gasteiger partial charge in [-0.15, -0.1) is 0 Å². The van der Waals surface area contributed by atoms with Crippen molar-refractivity contribution in [3.63, 3.8) is 0 Å². The van der Waals surface area contributed by atoms with Crippen molar-refractivity contribution in [2.45, 2.75) is 43.8 Å². The molecule has 0 bridgehead atoms. The Morgan fingerprint density at radius 2 is 2.12 bits per heavy atom. The maximum Gasteiger partial charge on any atom is 0.123 e. The van der Waals surface area contributed by atoms with Gasteiger partial charge in [0, 0.05) is 10.9 Å². The van der Waals surface area contributed by atoms with Gasteiger partial charge >= 0.3 is 0 Å². The molecule has 0 radical (unpaired) electrons. The summed E-state index contributed by atoms with van der Waals surface area (Å²) in [5.74, 6) is 0.950. The normalized spacial score (nSPS) is 21.9. The van der Waals surface area contributed by atoms with E-state index in [0.717, 1.165) is 28.6 Å². The summed E-state index contributed by atoms with van der Waals surface area (Å²) in [6.07, 6.45) is 5.30. The molecule has 2 nitrogen and oxygen atoms in total. The van der Waals surface area contributed by atoms with E-state index >= 15 is 0 Å². The molecule has 0 saturated heterocycles. The van der Waals surface area contributed by atoms with Gasteiger partial charge in [-0.25, -0.2) is 0 Å². The van der Waals surface area contributed by atoms with Crippen LogP contribution in [0.25, 0.3) is 0 Å². The number of benzene rings is 1. The first-order valence-corrected chi connectivity index (χ1v) is 6.61. The lowest BCUT2D eigenvalue weighted by Crippen LogP contribution is -2.12. The van der Waals surface area contributed by atoms with E-state index in [1.807, 2.05) is 12.1 Å². The Bertz CT molecular complexity index is 408. The molecule has 0 unspecified atom stereocenters. The second-order valence-electron chi connectivity index (χ2n) is 4.97. The average molecular weight is 283 g/mol. The van der Waals surface area contributed by atoms with Crippen LogP contribution in [0.2, 0.25) is 0 Å². The number of halogens is 1. The number of ether oxygens (including phenoxy) is 1. The van der Waals surface area contributed by atoms with Crippen LogP contribution in [0.1, 0.15) is 31.2 Å². The van der Waals surface area contributed by atoms with E-state index in [-0.39, 0.29) is 0 Å². The summed E-state index contributed by atoms with van der Waals surface area (Å²) in [6.45, 7) is 0. The van der Waals surface area contributed by atoms with Gasteiger partial charge in [-0.3, -0.25) is 0 Å². The number of aliphatic hydroxyl groups is 1. The molecule has 86 valence electrons. The molecule has 0 heterocycles. The molecule has 0 spiro atoms. The van der Waals surface area contributed by atoms with Crippen molar-refractivity contribution < 1.29 is 9.84 Å². The number of rotatable bonds is 4. The highest BCUT2D eigenvalue weighted by Gasteiger charge is 2.41. The van der Waals surface area contributed by atoms with Gasteiger partial charge in [0.25, 0.3) is 0 Å². The van der Waals surface area contributed by atoms with Crippen molar-refractivity contribution in [1.82, 2.24) is 0 Å². The lowest BCUT2D eigenvalue weighted by Gasteiger charge is -2.14. The molecular formula is C13H15BrO2. The maximum absolute atomic E-state index is 9.98. The molecule has 1 aromatic carbocycles. The summed E-state index contributed by atoms with van der Waals surface area (Å²) in [5, 5.41) is 9.98. The maximum atomic E-state index is 9.98. The largest absolute Gasteiger partial charge is 0.490 e. The van der Waals surface area contributed by atoms with Crippen LogP contribution < -0.4 is 4.74 Å². The second kappa shape index (κ2) is 3.74. The third-order valence-electron chi connectivity index (χ3n) is 3.19. The molecule has 0 amide bonds. The van der Waals surface area contributed by atoms with Gasteiger partial charge in [-0.1, -0.05) is 15.9 Å². The third kappa shape index (κ3) is 2.41. The summed E-state index contributed by atoms with van der Waals surface area (Å²) in [6, 6.07) is 6.07. The van der Waals surface area contributed by atoms with E-state index in [1.54, 1.807) is 0 Å². The highest BCUT2D eigenvalue weighted by atomic mass is 79.9. The predicted octanol–water partition coefficient (Wildman–Crippen LogP) is 3.06. The quantitative estimate of drug-likeness (QED) is 0.920. The van der Waals surface area contributed by atoms with Crippen LogP contribution in [0, 0.1) is 0 Å². The van der Waals surface area contributed by atoms with Crippen molar-refractivity contribution in [3.05, 3.63) is 28.2 Å². The molecule has 0 aromatic heterocycles. The van der Waals surface area contributed by atoms with Gasteiger partial charge in [0.1, 0.15) is 5.75 Å². The van der Waals surface area contributed by atoms with Crippen LogP contribution in [-0.2, 0) is 6.42 Å². The van der Waals surface area contributed by atoms with Gasteiger partial charge in [0.15, 0.2) is 0 Å². The van der Waals surface area contributed by atoms with Crippen molar-refractivity contribution in [1.29, 1.82) is 0 Å². The smallest absolute Gasteiger partial charge is 0.123 e. The standard InChI is InChI=1S/C13H15BrO2/c14-10-1-4-12(16-11-2-3-11)9(7-10)8-13(15)5-6-13/h1,4,7,11,15H,2-3,5-6,8H2. The summed E-state index contributed by atoms with van der Waals surface area (Å²) in [5.41, 5.74) is 0.670. The van der Waals surface area contributed by atoms with E-state index in [0.29, 0.717) is 12.5 Å². The molecule has 3 rings (SSSR count). The molecule has 2 aliphatic carbocycles. The van der Waals surface area contributed by atoms with Crippen LogP contribution in [-0.4, -0.2) is 16.8 Å². The summed E-state index contributed by atoms with van der Waals surface area (Å²) >= 11 is 3.47. The fourth-order valence-corrected chi connectivity index (χ4v) is 2.25. The Kier molecular flexibility index (Phi) is 2.48. The highest BCUT2D eigenvalue weighted by Crippen LogP contribution is 2.41. The van der Waals surface area contributed by atoms with Crippen molar-refractivity contribution >= 4 is 15.9 Å². The lowest BCUT2D eigenvalue weighted by atomic mass is 10.1. The molecule has 16 heavy (non-hydrogen) atoms. The van der Waals surface area contributed by atoms with E-state index in [2.05, 4.69) is 22.0 Å². The highest BCUT2D eigenvalue weighted by molar-refractivity contribution is 9.10. The van der Waals surface area contributed by atoms with E-state index in [1.165, 1.54) is 12.8 Å². The van der Waals surface area contributed by atoms with E-state index < -0.39 is 5.60 Å². The molecule has 2 saturated carbocycles. The molecular weight excluding hydrogens is 268 g/mol. The van der Waals surface area contributed by atoms with Gasteiger partial charge in [-0.05, 0) is 49.4 Å². The molecule has 2 fully saturated rings. The number of hydrogen-bond donors (Lipinski definition) is 1. The van der Waals surface area contributed by atoms with Crippen LogP contribution in [0.4, 0.5) is 0 Å². The topological polar surface area (TPSA) is 29.5 Å². The van der Waals surface area contributed by atoms with Crippen LogP contribution in [0.5, 0.6) is 5.75 Å². The predicted molar refractivity (Wildman–Crippen MR) is 65.7 cm³/mol. The van der Waals surface area contributed by atoms with Crippen LogP contribution >= 0.6 is 15.9 Å². The average Bonchev–Trinajstić information content (AvgIpc) is 3.11. The second-order valence-corrected chi connectivity index (χ2v) is 5.89. The molecule has 3 heteroatoms. The van der Waals surface area contributed by atoms with Crippen molar-refractivity contribution in [2.24, 2.45) is 0 Å². The molecule has 1 N–H and O–H groups in total. The molecule has 1 aromatic rings. The Morgan fingerprint density at radius 3 is 2.75 bits per heavy atom.